The number of likely N-dealkylation sites (tertiary alicyclic amines) is 1. The molecule has 0 aliphatic carbocycles. The summed E-state index contributed by atoms with van der Waals surface area (Å²) in [7, 11) is 1.53. The summed E-state index contributed by atoms with van der Waals surface area (Å²) in [5, 5.41) is 4.11. The minimum Gasteiger partial charge on any atom is -0.488 e. The maximum atomic E-state index is 13.2. The van der Waals surface area contributed by atoms with Gasteiger partial charge in [-0.05, 0) is 44.0 Å². The second kappa shape index (κ2) is 10.3. The van der Waals surface area contributed by atoms with Crippen LogP contribution in [0.3, 0.4) is 0 Å². The summed E-state index contributed by atoms with van der Waals surface area (Å²) >= 11 is 0. The molecule has 0 N–H and O–H groups in total. The molecule has 4 heterocycles. The molecule has 2 fully saturated rings. The van der Waals surface area contributed by atoms with Crippen LogP contribution in [0.5, 0.6) is 11.6 Å². The molecule has 1 atom stereocenters. The van der Waals surface area contributed by atoms with Gasteiger partial charge in [-0.15, -0.1) is 0 Å². The normalized spacial score (nSPS) is 18.5. The van der Waals surface area contributed by atoms with Crippen LogP contribution in [0.15, 0.2) is 47.0 Å². The molecular formula is C26H29N5O5. The van der Waals surface area contributed by atoms with E-state index in [1.54, 1.807) is 17.0 Å². The fourth-order valence-corrected chi connectivity index (χ4v) is 4.80. The molecule has 36 heavy (non-hydrogen) atoms. The van der Waals surface area contributed by atoms with Gasteiger partial charge in [-0.1, -0.05) is 23.4 Å². The van der Waals surface area contributed by atoms with Crippen molar-refractivity contribution in [3.63, 3.8) is 0 Å². The zero-order chi connectivity index (χ0) is 25.1. The number of para-hydroxylation sites is 1. The summed E-state index contributed by atoms with van der Waals surface area (Å²) in [5.74, 6) is 1.62. The van der Waals surface area contributed by atoms with Crippen LogP contribution in [-0.2, 0) is 9.59 Å². The molecule has 1 aromatic carbocycles. The summed E-state index contributed by atoms with van der Waals surface area (Å²) < 4.78 is 16.4. The van der Waals surface area contributed by atoms with E-state index in [9.17, 15) is 9.59 Å². The van der Waals surface area contributed by atoms with Gasteiger partial charge in [0.2, 0.25) is 23.5 Å². The molecule has 0 spiro atoms. The second-order valence-corrected chi connectivity index (χ2v) is 8.93. The summed E-state index contributed by atoms with van der Waals surface area (Å²) in [6.07, 6.45) is 1.69. The van der Waals surface area contributed by atoms with E-state index in [4.69, 9.17) is 14.0 Å². The molecule has 3 aromatic rings. The van der Waals surface area contributed by atoms with E-state index in [1.165, 1.54) is 7.11 Å². The number of carbonyl (C=O) groups is 2. The van der Waals surface area contributed by atoms with Crippen molar-refractivity contribution in [2.45, 2.75) is 32.1 Å². The maximum Gasteiger partial charge on any atom is 0.257 e. The number of amides is 2. The minimum absolute atomic E-state index is 0.00708. The zero-order valence-electron chi connectivity index (χ0n) is 20.4. The first kappa shape index (κ1) is 23.8. The third-order valence-corrected chi connectivity index (χ3v) is 6.69. The smallest absolute Gasteiger partial charge is 0.257 e. The van der Waals surface area contributed by atoms with Gasteiger partial charge in [0, 0.05) is 37.7 Å². The lowest BCUT2D eigenvalue weighted by Crippen LogP contribution is -2.42. The third-order valence-electron chi connectivity index (χ3n) is 6.69. The fraction of sp³-hybridized carbons (Fsp3) is 0.423. The average molecular weight is 492 g/mol. The Labute approximate surface area is 209 Å². The monoisotopic (exact) mass is 491 g/mol. The molecule has 10 heteroatoms. The molecule has 2 saturated heterocycles. The van der Waals surface area contributed by atoms with Crippen molar-refractivity contribution < 1.29 is 23.6 Å². The van der Waals surface area contributed by atoms with E-state index in [0.717, 1.165) is 18.5 Å². The summed E-state index contributed by atoms with van der Waals surface area (Å²) in [6.45, 7) is 4.00. The number of aromatic nitrogens is 3. The largest absolute Gasteiger partial charge is 0.488 e. The number of ether oxygens (including phenoxy) is 2. The number of carbonyl (C=O) groups excluding carboxylic acids is 2. The zero-order valence-corrected chi connectivity index (χ0v) is 20.4. The summed E-state index contributed by atoms with van der Waals surface area (Å²) in [6, 6.07) is 13.0. The van der Waals surface area contributed by atoms with Crippen molar-refractivity contribution in [2.75, 3.05) is 38.3 Å². The molecule has 2 amide bonds. The highest BCUT2D eigenvalue weighted by Crippen LogP contribution is 2.32. The molecule has 0 radical (unpaired) electrons. The maximum absolute atomic E-state index is 13.2. The van der Waals surface area contributed by atoms with E-state index >= 15 is 0 Å². The van der Waals surface area contributed by atoms with Gasteiger partial charge in [0.15, 0.2) is 5.75 Å². The van der Waals surface area contributed by atoms with Gasteiger partial charge in [0.25, 0.3) is 5.88 Å². The molecule has 2 aliphatic heterocycles. The topological polar surface area (TPSA) is 111 Å². The van der Waals surface area contributed by atoms with Gasteiger partial charge >= 0.3 is 0 Å². The first-order valence-corrected chi connectivity index (χ1v) is 12.2. The highest BCUT2D eigenvalue weighted by molar-refractivity contribution is 6.00. The van der Waals surface area contributed by atoms with Crippen molar-refractivity contribution in [1.82, 2.24) is 20.0 Å². The van der Waals surface area contributed by atoms with E-state index in [1.807, 2.05) is 42.2 Å². The molecular weight excluding hydrogens is 462 g/mol. The number of rotatable bonds is 7. The molecule has 2 aromatic heterocycles. The van der Waals surface area contributed by atoms with Crippen LogP contribution in [0.1, 0.15) is 38.0 Å². The Morgan fingerprint density at radius 3 is 2.61 bits per heavy atom. The predicted octanol–water partition coefficient (Wildman–Crippen LogP) is 3.30. The van der Waals surface area contributed by atoms with Crippen molar-refractivity contribution in [1.29, 1.82) is 0 Å². The minimum atomic E-state index is -0.315. The Balaban J connectivity index is 1.19. The number of hydrogen-bond acceptors (Lipinski definition) is 8. The Morgan fingerprint density at radius 2 is 1.89 bits per heavy atom. The Kier molecular flexibility index (Phi) is 6.84. The average Bonchev–Trinajstić information content (AvgIpc) is 3.57. The van der Waals surface area contributed by atoms with E-state index < -0.39 is 0 Å². The van der Waals surface area contributed by atoms with Gasteiger partial charge in [-0.3, -0.25) is 9.59 Å². The Morgan fingerprint density at radius 1 is 1.11 bits per heavy atom. The van der Waals surface area contributed by atoms with Crippen LogP contribution in [0.25, 0.3) is 11.5 Å². The predicted molar refractivity (Wildman–Crippen MR) is 131 cm³/mol. The fourth-order valence-electron chi connectivity index (χ4n) is 4.80. The lowest BCUT2D eigenvalue weighted by molar-refractivity contribution is -0.136. The molecule has 0 saturated carbocycles. The van der Waals surface area contributed by atoms with Gasteiger partial charge in [0.1, 0.15) is 5.69 Å². The number of benzene rings is 1. The van der Waals surface area contributed by atoms with E-state index in [-0.39, 0.29) is 30.1 Å². The molecule has 2 aliphatic rings. The SMILES string of the molecule is CCOc1ccc(-c2noc(C3CCN(C(=O)C4CC(=O)N(c5ccccc5)C4)CC3)n2)nc1OC. The van der Waals surface area contributed by atoms with Crippen LogP contribution in [0.2, 0.25) is 0 Å². The Bertz CT molecular complexity index is 1220. The molecule has 1 unspecified atom stereocenters. The number of hydrogen-bond donors (Lipinski definition) is 0. The van der Waals surface area contributed by atoms with E-state index in [0.29, 0.717) is 55.3 Å². The van der Waals surface area contributed by atoms with Gasteiger partial charge < -0.3 is 23.8 Å². The van der Waals surface area contributed by atoms with Crippen molar-refractivity contribution >= 4 is 17.5 Å². The standard InChI is InChI=1S/C26H29N5O5/c1-3-35-21-10-9-20(27-25(21)34-2)23-28-24(36-29-23)17-11-13-30(14-12-17)26(33)18-15-22(32)31(16-18)19-7-5-4-6-8-19/h4-10,17-18H,3,11-16H2,1-2H3. The molecule has 0 bridgehead atoms. The molecule has 10 nitrogen and oxygen atoms in total. The number of piperidine rings is 1. The van der Waals surface area contributed by atoms with Crippen LogP contribution in [0, 0.1) is 5.92 Å². The van der Waals surface area contributed by atoms with Gasteiger partial charge in [0.05, 0.1) is 19.6 Å². The quantitative estimate of drug-likeness (QED) is 0.495. The number of anilines is 1. The van der Waals surface area contributed by atoms with Crippen LogP contribution in [0.4, 0.5) is 5.69 Å². The van der Waals surface area contributed by atoms with Crippen LogP contribution < -0.4 is 14.4 Å². The highest BCUT2D eigenvalue weighted by atomic mass is 16.5. The van der Waals surface area contributed by atoms with Crippen LogP contribution in [-0.4, -0.2) is 65.2 Å². The molecule has 5 rings (SSSR count). The van der Waals surface area contributed by atoms with E-state index in [2.05, 4.69) is 15.1 Å². The highest BCUT2D eigenvalue weighted by Gasteiger charge is 2.38. The number of nitrogens with zero attached hydrogens (tertiary/aromatic N) is 5. The first-order valence-electron chi connectivity index (χ1n) is 12.2. The van der Waals surface area contributed by atoms with Crippen LogP contribution >= 0.6 is 0 Å². The summed E-state index contributed by atoms with van der Waals surface area (Å²) in [4.78, 5) is 38.3. The summed E-state index contributed by atoms with van der Waals surface area (Å²) in [5.41, 5.74) is 1.37. The Hall–Kier alpha value is -3.95. The second-order valence-electron chi connectivity index (χ2n) is 8.93. The number of methoxy groups -OCH3 is 1. The number of pyridine rings is 1. The lowest BCUT2D eigenvalue weighted by Gasteiger charge is -2.32. The third kappa shape index (κ3) is 4.75. The lowest BCUT2D eigenvalue weighted by atomic mass is 9.95. The first-order chi connectivity index (χ1) is 17.6. The van der Waals surface area contributed by atoms with Gasteiger partial charge in [-0.25, -0.2) is 4.98 Å². The van der Waals surface area contributed by atoms with Crippen molar-refractivity contribution in [3.05, 3.63) is 48.4 Å². The van der Waals surface area contributed by atoms with Crippen molar-refractivity contribution in [3.8, 4) is 23.1 Å². The molecule has 188 valence electrons. The van der Waals surface area contributed by atoms with Gasteiger partial charge in [-0.2, -0.15) is 4.98 Å². The van der Waals surface area contributed by atoms with Crippen molar-refractivity contribution in [2.24, 2.45) is 5.92 Å².